The van der Waals surface area contributed by atoms with Crippen LogP contribution in [0.4, 0.5) is 0 Å². The van der Waals surface area contributed by atoms with Gasteiger partial charge in [0.05, 0.1) is 6.54 Å². The molecule has 2 N–H and O–H groups in total. The van der Waals surface area contributed by atoms with E-state index in [1.807, 2.05) is 40.3 Å². The van der Waals surface area contributed by atoms with E-state index >= 15 is 0 Å². The van der Waals surface area contributed by atoms with Gasteiger partial charge < -0.3 is 15.0 Å². The maximum atomic E-state index is 12.3. The molecule has 4 rings (SSSR count). The smallest absolute Gasteiger partial charge is 0.325 e. The third-order valence-corrected chi connectivity index (χ3v) is 5.74. The van der Waals surface area contributed by atoms with E-state index in [1.165, 1.54) is 0 Å². The van der Waals surface area contributed by atoms with Crippen LogP contribution in [0.2, 0.25) is 0 Å². The summed E-state index contributed by atoms with van der Waals surface area (Å²) in [5.41, 5.74) is 1.76. The van der Waals surface area contributed by atoms with Crippen LogP contribution in [0.25, 0.3) is 10.9 Å². The van der Waals surface area contributed by atoms with Crippen LogP contribution in [-0.2, 0) is 9.59 Å². The van der Waals surface area contributed by atoms with Crippen LogP contribution in [0.3, 0.4) is 0 Å². The molecular formula is C20H26N4O3. The molecule has 27 heavy (non-hydrogen) atoms. The first-order valence-electron chi connectivity index (χ1n) is 9.66. The van der Waals surface area contributed by atoms with Crippen LogP contribution in [0.5, 0.6) is 0 Å². The quantitative estimate of drug-likeness (QED) is 0.835. The summed E-state index contributed by atoms with van der Waals surface area (Å²) in [6, 6.07) is 7.12. The Hall–Kier alpha value is -2.38. The highest BCUT2D eigenvalue weighted by atomic mass is 16.4. The number of nitrogens with zero attached hydrogens (tertiary/aromatic N) is 3. The fourth-order valence-electron chi connectivity index (χ4n) is 4.24. The fourth-order valence-corrected chi connectivity index (χ4v) is 4.24. The van der Waals surface area contributed by atoms with E-state index in [2.05, 4.69) is 9.88 Å². The van der Waals surface area contributed by atoms with E-state index in [9.17, 15) is 14.7 Å². The second-order valence-electron chi connectivity index (χ2n) is 7.43. The number of piperazine rings is 1. The zero-order valence-electron chi connectivity index (χ0n) is 15.4. The molecule has 0 bridgehead atoms. The molecular weight excluding hydrogens is 344 g/mol. The highest BCUT2D eigenvalue weighted by molar-refractivity contribution is 5.89. The number of likely N-dealkylation sites (tertiary alicyclic amines) is 1. The van der Waals surface area contributed by atoms with Crippen molar-refractivity contribution in [2.45, 2.75) is 18.9 Å². The first-order valence-corrected chi connectivity index (χ1v) is 9.66. The van der Waals surface area contributed by atoms with Crippen LogP contribution in [0.15, 0.2) is 30.5 Å². The number of para-hydroxylation sites is 1. The molecule has 1 aromatic heterocycles. The molecule has 2 aliphatic heterocycles. The van der Waals surface area contributed by atoms with Crippen LogP contribution in [0, 0.1) is 0 Å². The number of carbonyl (C=O) groups is 2. The number of amides is 1. The molecule has 0 spiro atoms. The van der Waals surface area contributed by atoms with Crippen LogP contribution in [-0.4, -0.2) is 82.5 Å². The van der Waals surface area contributed by atoms with Gasteiger partial charge in [-0.1, -0.05) is 18.2 Å². The van der Waals surface area contributed by atoms with Gasteiger partial charge in [0.25, 0.3) is 0 Å². The van der Waals surface area contributed by atoms with Gasteiger partial charge in [0.1, 0.15) is 6.04 Å². The molecule has 2 aromatic rings. The van der Waals surface area contributed by atoms with Crippen molar-refractivity contribution < 1.29 is 14.7 Å². The van der Waals surface area contributed by atoms with Crippen molar-refractivity contribution in [3.63, 3.8) is 0 Å². The average molecular weight is 370 g/mol. The lowest BCUT2D eigenvalue weighted by Gasteiger charge is -2.37. The molecule has 3 heterocycles. The van der Waals surface area contributed by atoms with Gasteiger partial charge in [0, 0.05) is 61.9 Å². The molecule has 0 aliphatic carbocycles. The molecule has 7 nitrogen and oxygen atoms in total. The molecule has 1 atom stereocenters. The summed E-state index contributed by atoms with van der Waals surface area (Å²) in [7, 11) is 0. The second-order valence-corrected chi connectivity index (χ2v) is 7.43. The molecule has 2 saturated heterocycles. The summed E-state index contributed by atoms with van der Waals surface area (Å²) >= 11 is 0. The molecule has 1 amide bonds. The largest absolute Gasteiger partial charge is 0.480 e. The Balaban J connectivity index is 1.42. The standard InChI is InChI=1S/C20H26N4O3/c25-18(23-7-3-4-8-23)14-22-9-11-24(12-10-22)19(20(26)27)16-13-21-17-6-2-1-5-15(16)17/h1-2,5-6,13,19,21H,3-4,7-12,14H2,(H,26,27). The summed E-state index contributed by atoms with van der Waals surface area (Å²) in [6.45, 7) is 4.91. The Morgan fingerprint density at radius 3 is 2.44 bits per heavy atom. The van der Waals surface area contributed by atoms with Gasteiger partial charge in [-0.05, 0) is 18.9 Å². The predicted molar refractivity (Wildman–Crippen MR) is 103 cm³/mol. The van der Waals surface area contributed by atoms with Crippen LogP contribution >= 0.6 is 0 Å². The van der Waals surface area contributed by atoms with Gasteiger partial charge in [0.2, 0.25) is 5.91 Å². The number of aromatic amines is 1. The Labute approximate surface area is 158 Å². The number of carbonyl (C=O) groups excluding carboxylic acids is 1. The number of H-pyrrole nitrogens is 1. The normalized spacial score (nSPS) is 20.2. The van der Waals surface area contributed by atoms with Crippen molar-refractivity contribution >= 4 is 22.8 Å². The van der Waals surface area contributed by atoms with Gasteiger partial charge in [-0.2, -0.15) is 0 Å². The number of carboxylic acid groups (broad SMARTS) is 1. The van der Waals surface area contributed by atoms with Gasteiger partial charge in [-0.3, -0.25) is 19.4 Å². The average Bonchev–Trinajstić information content (AvgIpc) is 3.34. The molecule has 0 saturated carbocycles. The maximum absolute atomic E-state index is 12.3. The lowest BCUT2D eigenvalue weighted by molar-refractivity contribution is -0.145. The summed E-state index contributed by atoms with van der Waals surface area (Å²) in [5.74, 6) is -0.631. The lowest BCUT2D eigenvalue weighted by atomic mass is 10.0. The Morgan fingerprint density at radius 2 is 1.74 bits per heavy atom. The number of hydrogen-bond donors (Lipinski definition) is 2. The van der Waals surface area contributed by atoms with E-state index in [0.29, 0.717) is 32.7 Å². The summed E-state index contributed by atoms with van der Waals surface area (Å²) in [6.07, 6.45) is 4.02. The fraction of sp³-hybridized carbons (Fsp3) is 0.500. The molecule has 2 aliphatic rings. The first-order chi connectivity index (χ1) is 13.1. The molecule has 2 fully saturated rings. The first kappa shape index (κ1) is 18.0. The SMILES string of the molecule is O=C(O)C(c1c[nH]c2ccccc12)N1CCN(CC(=O)N2CCCC2)CC1. The summed E-state index contributed by atoms with van der Waals surface area (Å²) in [4.78, 5) is 33.7. The molecule has 0 radical (unpaired) electrons. The van der Waals surface area contributed by atoms with Gasteiger partial charge in [-0.15, -0.1) is 0 Å². The minimum atomic E-state index is -0.832. The van der Waals surface area contributed by atoms with E-state index in [-0.39, 0.29) is 5.91 Å². The highest BCUT2D eigenvalue weighted by Crippen LogP contribution is 2.29. The highest BCUT2D eigenvalue weighted by Gasteiger charge is 2.32. The van der Waals surface area contributed by atoms with Gasteiger partial charge in [-0.25, -0.2) is 0 Å². The number of rotatable bonds is 5. The maximum Gasteiger partial charge on any atom is 0.325 e. The minimum absolute atomic E-state index is 0.201. The second kappa shape index (κ2) is 7.70. The zero-order valence-corrected chi connectivity index (χ0v) is 15.4. The van der Waals surface area contributed by atoms with Crippen molar-refractivity contribution in [3.8, 4) is 0 Å². The van der Waals surface area contributed by atoms with E-state index < -0.39 is 12.0 Å². The number of hydrogen-bond acceptors (Lipinski definition) is 4. The zero-order chi connectivity index (χ0) is 18.8. The Morgan fingerprint density at radius 1 is 1.04 bits per heavy atom. The molecule has 144 valence electrons. The summed E-state index contributed by atoms with van der Waals surface area (Å²) < 4.78 is 0. The number of aromatic nitrogens is 1. The topological polar surface area (TPSA) is 79.9 Å². The van der Waals surface area contributed by atoms with Crippen molar-refractivity contribution in [2.24, 2.45) is 0 Å². The van der Waals surface area contributed by atoms with Crippen molar-refractivity contribution in [3.05, 3.63) is 36.0 Å². The van der Waals surface area contributed by atoms with Gasteiger partial charge in [0.15, 0.2) is 0 Å². The van der Waals surface area contributed by atoms with Crippen molar-refractivity contribution in [1.29, 1.82) is 0 Å². The number of benzene rings is 1. The third-order valence-electron chi connectivity index (χ3n) is 5.74. The number of fused-ring (bicyclic) bond motifs is 1. The van der Waals surface area contributed by atoms with Crippen molar-refractivity contribution in [1.82, 2.24) is 19.7 Å². The number of aliphatic carboxylic acids is 1. The van der Waals surface area contributed by atoms with Crippen molar-refractivity contribution in [2.75, 3.05) is 45.8 Å². The Kier molecular flexibility index (Phi) is 5.13. The summed E-state index contributed by atoms with van der Waals surface area (Å²) in [5, 5.41) is 10.8. The lowest BCUT2D eigenvalue weighted by Crippen LogP contribution is -2.51. The van der Waals surface area contributed by atoms with Crippen LogP contribution in [0.1, 0.15) is 24.4 Å². The Bertz CT molecular complexity index is 819. The van der Waals surface area contributed by atoms with Gasteiger partial charge >= 0.3 is 5.97 Å². The third kappa shape index (κ3) is 3.70. The van der Waals surface area contributed by atoms with Crippen LogP contribution < -0.4 is 0 Å². The minimum Gasteiger partial charge on any atom is -0.480 e. The molecule has 7 heteroatoms. The van der Waals surface area contributed by atoms with E-state index in [0.717, 1.165) is 42.4 Å². The number of nitrogens with one attached hydrogen (secondary N) is 1. The molecule has 1 aromatic carbocycles. The molecule has 1 unspecified atom stereocenters. The monoisotopic (exact) mass is 370 g/mol. The predicted octanol–water partition coefficient (Wildman–Crippen LogP) is 1.53. The van der Waals surface area contributed by atoms with E-state index in [1.54, 1.807) is 0 Å². The number of carboxylic acids is 1. The van der Waals surface area contributed by atoms with E-state index in [4.69, 9.17) is 0 Å².